The SMILES string of the molecule is Cc1cc2nn(-c3ccccc3)nc2cc1NC(=O)c1cc(Cl)ccc1Cl. The fraction of sp³-hybridized carbons (Fsp3) is 0.0500. The third-order valence-electron chi connectivity index (χ3n) is 4.13. The van der Waals surface area contributed by atoms with Gasteiger partial charge in [-0.15, -0.1) is 10.2 Å². The third-order valence-corrected chi connectivity index (χ3v) is 4.70. The third kappa shape index (κ3) is 3.52. The van der Waals surface area contributed by atoms with E-state index in [-0.39, 0.29) is 5.91 Å². The van der Waals surface area contributed by atoms with Gasteiger partial charge in [-0.2, -0.15) is 4.80 Å². The Kier molecular flexibility index (Phi) is 4.56. The molecule has 0 aliphatic rings. The molecule has 27 heavy (non-hydrogen) atoms. The Morgan fingerprint density at radius 2 is 1.67 bits per heavy atom. The number of hydrogen-bond donors (Lipinski definition) is 1. The molecule has 0 spiro atoms. The van der Waals surface area contributed by atoms with Gasteiger partial charge in [0.2, 0.25) is 0 Å². The Bertz CT molecular complexity index is 1160. The van der Waals surface area contributed by atoms with Gasteiger partial charge in [-0.05, 0) is 55.0 Å². The number of nitrogens with one attached hydrogen (secondary N) is 1. The summed E-state index contributed by atoms with van der Waals surface area (Å²) in [5.41, 5.74) is 4.11. The lowest BCUT2D eigenvalue weighted by molar-refractivity contribution is 0.102. The molecule has 134 valence electrons. The van der Waals surface area contributed by atoms with Crippen LogP contribution in [0.1, 0.15) is 15.9 Å². The van der Waals surface area contributed by atoms with Gasteiger partial charge in [0.25, 0.3) is 5.91 Å². The van der Waals surface area contributed by atoms with E-state index in [0.717, 1.165) is 16.8 Å². The molecule has 0 saturated heterocycles. The molecule has 0 aliphatic carbocycles. The first-order valence-corrected chi connectivity index (χ1v) is 8.96. The zero-order valence-corrected chi connectivity index (χ0v) is 15.8. The maximum atomic E-state index is 12.6. The van der Waals surface area contributed by atoms with Crippen molar-refractivity contribution in [3.63, 3.8) is 0 Å². The fourth-order valence-corrected chi connectivity index (χ4v) is 3.12. The van der Waals surface area contributed by atoms with Gasteiger partial charge in [0, 0.05) is 10.7 Å². The topological polar surface area (TPSA) is 59.8 Å². The normalized spacial score (nSPS) is 10.9. The van der Waals surface area contributed by atoms with Gasteiger partial charge in [-0.1, -0.05) is 41.4 Å². The lowest BCUT2D eigenvalue weighted by Crippen LogP contribution is -2.13. The van der Waals surface area contributed by atoms with Crippen LogP contribution in [0.25, 0.3) is 16.7 Å². The number of carbonyl (C=O) groups is 1. The Labute approximate surface area is 165 Å². The summed E-state index contributed by atoms with van der Waals surface area (Å²) in [6.45, 7) is 1.90. The van der Waals surface area contributed by atoms with Crippen molar-refractivity contribution < 1.29 is 4.79 Å². The predicted molar refractivity (Wildman–Crippen MR) is 108 cm³/mol. The number of aryl methyl sites for hydroxylation is 1. The van der Waals surface area contributed by atoms with Crippen LogP contribution < -0.4 is 5.32 Å². The zero-order valence-electron chi connectivity index (χ0n) is 14.3. The molecular formula is C20H14Cl2N4O. The van der Waals surface area contributed by atoms with Gasteiger partial charge in [0.1, 0.15) is 11.0 Å². The molecule has 0 saturated carbocycles. The van der Waals surface area contributed by atoms with Crippen molar-refractivity contribution in [3.8, 4) is 5.69 Å². The molecule has 1 heterocycles. The summed E-state index contributed by atoms with van der Waals surface area (Å²) in [4.78, 5) is 14.2. The standard InChI is InChI=1S/C20H14Cl2N4O/c1-12-9-18-19(25-26(24-18)14-5-3-2-4-6-14)11-17(12)23-20(27)15-10-13(21)7-8-16(15)22/h2-11H,1H3,(H,23,27). The number of fused-ring (bicyclic) bond motifs is 1. The van der Waals surface area contributed by atoms with E-state index in [9.17, 15) is 4.79 Å². The van der Waals surface area contributed by atoms with Gasteiger partial charge in [-0.25, -0.2) is 0 Å². The molecule has 0 bridgehead atoms. The molecule has 1 amide bonds. The van der Waals surface area contributed by atoms with Crippen LogP contribution in [0.3, 0.4) is 0 Å². The van der Waals surface area contributed by atoms with Crippen LogP contribution in [0.2, 0.25) is 10.0 Å². The van der Waals surface area contributed by atoms with E-state index < -0.39 is 0 Å². The second-order valence-electron chi connectivity index (χ2n) is 6.06. The van der Waals surface area contributed by atoms with E-state index >= 15 is 0 Å². The van der Waals surface area contributed by atoms with Crippen molar-refractivity contribution in [3.05, 3.63) is 81.8 Å². The van der Waals surface area contributed by atoms with Gasteiger partial charge in [-0.3, -0.25) is 4.79 Å². The molecule has 4 aromatic rings. The molecule has 4 rings (SSSR count). The maximum Gasteiger partial charge on any atom is 0.257 e. The molecule has 5 nitrogen and oxygen atoms in total. The van der Waals surface area contributed by atoms with E-state index in [1.165, 1.54) is 0 Å². The maximum absolute atomic E-state index is 12.6. The van der Waals surface area contributed by atoms with Crippen LogP contribution in [0.4, 0.5) is 5.69 Å². The second kappa shape index (κ2) is 7.02. The summed E-state index contributed by atoms with van der Waals surface area (Å²) in [6, 6.07) is 18.1. The molecular weight excluding hydrogens is 383 g/mol. The first kappa shape index (κ1) is 17.5. The van der Waals surface area contributed by atoms with Gasteiger partial charge >= 0.3 is 0 Å². The Hall–Kier alpha value is -2.89. The highest BCUT2D eigenvalue weighted by Gasteiger charge is 2.14. The summed E-state index contributed by atoms with van der Waals surface area (Å²) in [7, 11) is 0. The molecule has 0 aliphatic heterocycles. The predicted octanol–water partition coefficient (Wildman–Crippen LogP) is 5.29. The summed E-state index contributed by atoms with van der Waals surface area (Å²) in [5, 5.41) is 12.7. The molecule has 1 aromatic heterocycles. The highest BCUT2D eigenvalue weighted by Crippen LogP contribution is 2.25. The summed E-state index contributed by atoms with van der Waals surface area (Å²) in [6.07, 6.45) is 0. The zero-order chi connectivity index (χ0) is 19.0. The number of nitrogens with zero attached hydrogens (tertiary/aromatic N) is 3. The van der Waals surface area contributed by atoms with Crippen LogP contribution in [0, 0.1) is 6.92 Å². The molecule has 0 unspecified atom stereocenters. The lowest BCUT2D eigenvalue weighted by atomic mass is 10.1. The minimum Gasteiger partial charge on any atom is -0.322 e. The quantitative estimate of drug-likeness (QED) is 0.511. The Balaban J connectivity index is 1.69. The van der Waals surface area contributed by atoms with Crippen molar-refractivity contribution in [2.75, 3.05) is 5.32 Å². The number of rotatable bonds is 3. The molecule has 3 aromatic carbocycles. The van der Waals surface area contributed by atoms with Crippen molar-refractivity contribution >= 4 is 45.8 Å². The van der Waals surface area contributed by atoms with E-state index in [1.807, 2.05) is 43.3 Å². The second-order valence-corrected chi connectivity index (χ2v) is 6.90. The number of aromatic nitrogens is 3. The van der Waals surface area contributed by atoms with Crippen molar-refractivity contribution in [1.82, 2.24) is 15.0 Å². The molecule has 0 fully saturated rings. The van der Waals surface area contributed by atoms with Gasteiger partial charge < -0.3 is 5.32 Å². The fourth-order valence-electron chi connectivity index (χ4n) is 2.74. The highest BCUT2D eigenvalue weighted by molar-refractivity contribution is 6.36. The number of halogens is 2. The average Bonchev–Trinajstić information content (AvgIpc) is 3.07. The van der Waals surface area contributed by atoms with Crippen LogP contribution in [-0.2, 0) is 0 Å². The largest absolute Gasteiger partial charge is 0.322 e. The minimum atomic E-state index is -0.333. The monoisotopic (exact) mass is 396 g/mol. The number of benzene rings is 3. The molecule has 7 heteroatoms. The molecule has 0 atom stereocenters. The molecule has 0 radical (unpaired) electrons. The van der Waals surface area contributed by atoms with Crippen molar-refractivity contribution in [2.45, 2.75) is 6.92 Å². The van der Waals surface area contributed by atoms with Crippen LogP contribution in [0.5, 0.6) is 0 Å². The first-order valence-electron chi connectivity index (χ1n) is 8.21. The van der Waals surface area contributed by atoms with Crippen molar-refractivity contribution in [1.29, 1.82) is 0 Å². The van der Waals surface area contributed by atoms with E-state index in [4.69, 9.17) is 23.2 Å². The number of carbonyl (C=O) groups excluding carboxylic acids is 1. The first-order chi connectivity index (χ1) is 13.0. The summed E-state index contributed by atoms with van der Waals surface area (Å²) >= 11 is 12.1. The van der Waals surface area contributed by atoms with E-state index in [2.05, 4.69) is 15.5 Å². The number of hydrogen-bond acceptors (Lipinski definition) is 3. The summed E-state index contributed by atoms with van der Waals surface area (Å²) < 4.78 is 0. The highest BCUT2D eigenvalue weighted by atomic mass is 35.5. The Morgan fingerprint density at radius 1 is 0.963 bits per heavy atom. The smallest absolute Gasteiger partial charge is 0.257 e. The van der Waals surface area contributed by atoms with Gasteiger partial charge in [0.05, 0.1) is 16.3 Å². The lowest BCUT2D eigenvalue weighted by Gasteiger charge is -2.09. The Morgan fingerprint density at radius 3 is 2.41 bits per heavy atom. The van der Waals surface area contributed by atoms with Crippen LogP contribution in [-0.4, -0.2) is 20.9 Å². The number of para-hydroxylation sites is 1. The van der Waals surface area contributed by atoms with Crippen LogP contribution >= 0.6 is 23.2 Å². The van der Waals surface area contributed by atoms with Gasteiger partial charge in [0.15, 0.2) is 0 Å². The van der Waals surface area contributed by atoms with Crippen molar-refractivity contribution in [2.24, 2.45) is 0 Å². The molecule has 1 N–H and O–H groups in total. The summed E-state index contributed by atoms with van der Waals surface area (Å²) in [5.74, 6) is -0.333. The van der Waals surface area contributed by atoms with E-state index in [1.54, 1.807) is 29.1 Å². The number of amides is 1. The minimum absolute atomic E-state index is 0.316. The average molecular weight is 397 g/mol. The van der Waals surface area contributed by atoms with E-state index in [0.29, 0.717) is 26.8 Å². The number of anilines is 1. The van der Waals surface area contributed by atoms with Crippen LogP contribution in [0.15, 0.2) is 60.7 Å².